The van der Waals surface area contributed by atoms with Crippen molar-refractivity contribution in [2.75, 3.05) is 33.4 Å². The molecule has 0 aliphatic rings. The summed E-state index contributed by atoms with van der Waals surface area (Å²) >= 11 is 0. The Bertz CT molecular complexity index is 525. The summed E-state index contributed by atoms with van der Waals surface area (Å²) < 4.78 is 30.2. The van der Waals surface area contributed by atoms with Crippen molar-refractivity contribution in [3.05, 3.63) is 28.7 Å². The lowest BCUT2D eigenvalue weighted by atomic mass is 10.5. The number of nitrogens with one attached hydrogen (secondary N) is 1. The summed E-state index contributed by atoms with van der Waals surface area (Å²) in [5.41, 5.74) is -0.589. The van der Waals surface area contributed by atoms with Crippen LogP contribution in [0.25, 0.3) is 0 Å². The van der Waals surface area contributed by atoms with Gasteiger partial charge in [-0.05, 0) is 0 Å². The van der Waals surface area contributed by atoms with E-state index >= 15 is 0 Å². The van der Waals surface area contributed by atoms with Crippen molar-refractivity contribution < 1.29 is 18.3 Å². The van der Waals surface area contributed by atoms with Crippen LogP contribution in [-0.2, 0) is 14.8 Å². The minimum Gasteiger partial charge on any atom is -0.395 e. The number of aromatic amines is 1. The van der Waals surface area contributed by atoms with E-state index in [1.807, 2.05) is 0 Å². The molecule has 0 radical (unpaired) electrons. The Kier molecular flexibility index (Phi) is 5.48. The second-order valence-corrected chi connectivity index (χ2v) is 5.40. The number of ether oxygens (including phenoxy) is 1. The summed E-state index contributed by atoms with van der Waals surface area (Å²) in [5.74, 6) is 0. The van der Waals surface area contributed by atoms with Crippen LogP contribution < -0.4 is 5.43 Å². The molecule has 0 aromatic carbocycles. The number of sulfonamides is 1. The van der Waals surface area contributed by atoms with E-state index in [0.717, 1.165) is 16.6 Å². The van der Waals surface area contributed by atoms with E-state index in [9.17, 15) is 13.2 Å². The van der Waals surface area contributed by atoms with E-state index in [2.05, 4.69) is 4.98 Å². The number of H-pyrrole nitrogens is 1. The van der Waals surface area contributed by atoms with Crippen LogP contribution in [0.1, 0.15) is 0 Å². The molecule has 0 aliphatic carbocycles. The number of nitrogens with zero attached hydrogens (tertiary/aromatic N) is 1. The zero-order valence-corrected chi connectivity index (χ0v) is 10.8. The van der Waals surface area contributed by atoms with Gasteiger partial charge in [0.05, 0.1) is 13.2 Å². The summed E-state index contributed by atoms with van der Waals surface area (Å²) in [6.07, 6.45) is 2.49. The van der Waals surface area contributed by atoms with Crippen LogP contribution in [0, 0.1) is 0 Å². The molecule has 0 unspecified atom stereocenters. The highest BCUT2D eigenvalue weighted by Crippen LogP contribution is 2.09. The van der Waals surface area contributed by atoms with Crippen LogP contribution in [0.2, 0.25) is 0 Å². The first-order valence-electron chi connectivity index (χ1n) is 5.31. The number of aliphatic hydroxyl groups excluding tert-OH is 1. The van der Waals surface area contributed by atoms with Gasteiger partial charge in [-0.1, -0.05) is 0 Å². The normalized spacial score (nSPS) is 11.9. The zero-order valence-electron chi connectivity index (χ0n) is 10.00. The van der Waals surface area contributed by atoms with Crippen LogP contribution in [0.3, 0.4) is 0 Å². The molecule has 0 bridgehead atoms. The van der Waals surface area contributed by atoms with Crippen molar-refractivity contribution in [3.63, 3.8) is 0 Å². The average molecular weight is 276 g/mol. The molecule has 0 saturated heterocycles. The van der Waals surface area contributed by atoms with Crippen molar-refractivity contribution in [3.8, 4) is 0 Å². The highest BCUT2D eigenvalue weighted by atomic mass is 32.2. The average Bonchev–Trinajstić information content (AvgIpc) is 2.34. The molecule has 0 fully saturated rings. The Morgan fingerprint density at radius 3 is 2.72 bits per heavy atom. The lowest BCUT2D eigenvalue weighted by Crippen LogP contribution is -2.38. The summed E-state index contributed by atoms with van der Waals surface area (Å²) in [6, 6.07) is 1.14. The molecule has 1 heterocycles. The van der Waals surface area contributed by atoms with E-state index in [1.54, 1.807) is 0 Å². The van der Waals surface area contributed by atoms with E-state index in [-0.39, 0.29) is 31.2 Å². The molecular weight excluding hydrogens is 260 g/mol. The molecule has 2 N–H and O–H groups in total. The summed E-state index contributed by atoms with van der Waals surface area (Å²) in [7, 11) is -2.47. The summed E-state index contributed by atoms with van der Waals surface area (Å²) in [6.45, 7) is -0.147. The maximum Gasteiger partial charge on any atom is 0.248 e. The first-order valence-corrected chi connectivity index (χ1v) is 6.75. The molecule has 0 saturated carbocycles. The molecule has 1 aromatic heterocycles. The predicted octanol–water partition coefficient (Wildman–Crippen LogP) is -0.996. The molecule has 8 heteroatoms. The lowest BCUT2D eigenvalue weighted by Gasteiger charge is -2.20. The van der Waals surface area contributed by atoms with E-state index < -0.39 is 15.5 Å². The van der Waals surface area contributed by atoms with Gasteiger partial charge in [0.25, 0.3) is 0 Å². The van der Waals surface area contributed by atoms with Crippen LogP contribution in [0.5, 0.6) is 0 Å². The van der Waals surface area contributed by atoms with Gasteiger partial charge >= 0.3 is 0 Å². The molecule has 0 spiro atoms. The molecule has 1 rings (SSSR count). The molecule has 1 aromatic rings. The Morgan fingerprint density at radius 2 is 2.17 bits per heavy atom. The topological polar surface area (TPSA) is 99.7 Å². The second kappa shape index (κ2) is 6.64. The molecule has 0 aliphatic heterocycles. The fraction of sp³-hybridized carbons (Fsp3) is 0.500. The standard InChI is InChI=1S/C10H16N2O5S/c1-17-7-5-12(4-6-13)18(15,16)10-8-11-3-2-9(10)14/h2-3,8,13H,4-7H2,1H3,(H,11,14). The third-order valence-electron chi connectivity index (χ3n) is 2.30. The smallest absolute Gasteiger partial charge is 0.248 e. The molecule has 0 amide bonds. The van der Waals surface area contributed by atoms with Gasteiger partial charge in [-0.2, -0.15) is 4.31 Å². The Balaban J connectivity index is 3.09. The summed E-state index contributed by atoms with van der Waals surface area (Å²) in [4.78, 5) is 13.8. The van der Waals surface area contributed by atoms with Crippen LogP contribution in [0.15, 0.2) is 28.2 Å². The van der Waals surface area contributed by atoms with Gasteiger partial charge in [0.15, 0.2) is 0 Å². The van der Waals surface area contributed by atoms with Gasteiger partial charge in [0.2, 0.25) is 15.5 Å². The quantitative estimate of drug-likeness (QED) is 0.665. The molecule has 18 heavy (non-hydrogen) atoms. The highest BCUT2D eigenvalue weighted by molar-refractivity contribution is 7.89. The fourth-order valence-corrected chi connectivity index (χ4v) is 2.85. The number of pyridine rings is 1. The monoisotopic (exact) mass is 276 g/mol. The van der Waals surface area contributed by atoms with Crippen LogP contribution in [-0.4, -0.2) is 56.2 Å². The SMILES string of the molecule is COCCN(CCO)S(=O)(=O)c1c[nH]ccc1=O. The number of hydrogen-bond donors (Lipinski definition) is 2. The number of hydrogen-bond acceptors (Lipinski definition) is 5. The van der Waals surface area contributed by atoms with Crippen molar-refractivity contribution in [2.45, 2.75) is 4.90 Å². The van der Waals surface area contributed by atoms with E-state index in [1.165, 1.54) is 13.3 Å². The third kappa shape index (κ3) is 3.39. The number of methoxy groups -OCH3 is 1. The van der Waals surface area contributed by atoms with Gasteiger partial charge in [0.1, 0.15) is 4.90 Å². The molecular formula is C10H16N2O5S. The first-order chi connectivity index (χ1) is 8.54. The molecule has 0 atom stereocenters. The maximum atomic E-state index is 12.2. The third-order valence-corrected chi connectivity index (χ3v) is 4.22. The zero-order chi connectivity index (χ0) is 13.6. The van der Waals surface area contributed by atoms with Gasteiger partial charge < -0.3 is 14.8 Å². The van der Waals surface area contributed by atoms with Crippen molar-refractivity contribution in [1.29, 1.82) is 0 Å². The van der Waals surface area contributed by atoms with E-state index in [0.29, 0.717) is 0 Å². The minimum atomic E-state index is -3.92. The Labute approximate surface area is 105 Å². The number of aliphatic hydroxyl groups is 1. The Hall–Kier alpha value is -1.22. The van der Waals surface area contributed by atoms with Crippen molar-refractivity contribution in [2.24, 2.45) is 0 Å². The first kappa shape index (κ1) is 14.8. The lowest BCUT2D eigenvalue weighted by molar-refractivity contribution is 0.168. The van der Waals surface area contributed by atoms with Gasteiger partial charge in [0, 0.05) is 38.7 Å². The van der Waals surface area contributed by atoms with Crippen LogP contribution >= 0.6 is 0 Å². The minimum absolute atomic E-state index is 0.0771. The van der Waals surface area contributed by atoms with Crippen LogP contribution in [0.4, 0.5) is 0 Å². The predicted molar refractivity (Wildman–Crippen MR) is 64.8 cm³/mol. The molecule has 102 valence electrons. The largest absolute Gasteiger partial charge is 0.395 e. The fourth-order valence-electron chi connectivity index (χ4n) is 1.40. The maximum absolute atomic E-state index is 12.2. The van der Waals surface area contributed by atoms with Gasteiger partial charge in [-0.25, -0.2) is 8.42 Å². The number of rotatable bonds is 7. The van der Waals surface area contributed by atoms with Gasteiger partial charge in [-0.3, -0.25) is 4.79 Å². The molecule has 7 nitrogen and oxygen atoms in total. The highest BCUT2D eigenvalue weighted by Gasteiger charge is 2.26. The second-order valence-electron chi connectivity index (χ2n) is 3.49. The summed E-state index contributed by atoms with van der Waals surface area (Å²) in [5, 5.41) is 8.88. The van der Waals surface area contributed by atoms with Gasteiger partial charge in [-0.15, -0.1) is 0 Å². The van der Waals surface area contributed by atoms with E-state index in [4.69, 9.17) is 9.84 Å². The Morgan fingerprint density at radius 1 is 1.44 bits per heavy atom. The van der Waals surface area contributed by atoms with Crippen molar-refractivity contribution in [1.82, 2.24) is 9.29 Å². The number of aromatic nitrogens is 1. The van der Waals surface area contributed by atoms with Crippen molar-refractivity contribution >= 4 is 10.0 Å².